The normalized spacial score (nSPS) is 10.6. The van der Waals surface area contributed by atoms with Gasteiger partial charge < -0.3 is 9.64 Å². The quantitative estimate of drug-likeness (QED) is 0.319. The van der Waals surface area contributed by atoms with Crippen LogP contribution in [0.15, 0.2) is 58.5 Å². The Morgan fingerprint density at radius 2 is 1.74 bits per heavy atom. The number of amides is 1. The summed E-state index contributed by atoms with van der Waals surface area (Å²) in [5, 5.41) is 18.3. The van der Waals surface area contributed by atoms with Gasteiger partial charge in [0.1, 0.15) is 5.75 Å². The molecule has 0 atom stereocenters. The van der Waals surface area contributed by atoms with Crippen LogP contribution in [0.2, 0.25) is 0 Å². The summed E-state index contributed by atoms with van der Waals surface area (Å²) in [5.41, 5.74) is 0.432. The van der Waals surface area contributed by atoms with Gasteiger partial charge in [-0.2, -0.15) is 19.3 Å². The first kappa shape index (κ1) is 24.7. The lowest BCUT2D eigenvalue weighted by Gasteiger charge is -2.20. The van der Waals surface area contributed by atoms with Gasteiger partial charge in [-0.15, -0.1) is 0 Å². The van der Waals surface area contributed by atoms with Crippen LogP contribution in [0.4, 0.5) is 8.78 Å². The van der Waals surface area contributed by atoms with Crippen LogP contribution in [-0.2, 0) is 4.79 Å². The molecule has 1 heterocycles. The van der Waals surface area contributed by atoms with E-state index in [2.05, 4.69) is 9.72 Å². The smallest absolute Gasteiger partial charge is 0.387 e. The number of rotatable bonds is 10. The third-order valence-electron chi connectivity index (χ3n) is 4.73. The first-order valence-electron chi connectivity index (χ1n) is 10.2. The molecule has 0 unspecified atom stereocenters. The van der Waals surface area contributed by atoms with E-state index in [1.54, 1.807) is 24.3 Å². The number of ether oxygens (including phenoxy) is 1. The molecule has 3 rings (SSSR count). The fourth-order valence-corrected chi connectivity index (χ4v) is 4.08. The van der Waals surface area contributed by atoms with E-state index >= 15 is 0 Å². The molecule has 2 aromatic carbocycles. The minimum atomic E-state index is -2.97. The number of benzene rings is 2. The number of carbonyl (C=O) groups excluding carboxylic acids is 1. The number of carbonyl (C=O) groups is 1. The SMILES string of the molecule is N#CCCN(CCC#N)C(=O)CSc1nc2ccccc2c(=O)n1-c1ccc(OC(F)F)cc1. The van der Waals surface area contributed by atoms with Gasteiger partial charge in [-0.1, -0.05) is 23.9 Å². The zero-order chi connectivity index (χ0) is 24.5. The molecule has 0 aliphatic rings. The zero-order valence-electron chi connectivity index (χ0n) is 17.9. The average Bonchev–Trinajstić information content (AvgIpc) is 2.83. The highest BCUT2D eigenvalue weighted by Gasteiger charge is 2.18. The molecule has 0 bridgehead atoms. The Morgan fingerprint density at radius 3 is 2.35 bits per heavy atom. The second-order valence-corrected chi connectivity index (χ2v) is 7.85. The van der Waals surface area contributed by atoms with Crippen molar-refractivity contribution in [2.75, 3.05) is 18.8 Å². The number of nitriles is 2. The number of para-hydroxylation sites is 1. The van der Waals surface area contributed by atoms with Crippen molar-refractivity contribution in [1.29, 1.82) is 10.5 Å². The van der Waals surface area contributed by atoms with Gasteiger partial charge in [0.05, 0.1) is 47.3 Å². The van der Waals surface area contributed by atoms with Crippen molar-refractivity contribution >= 4 is 28.6 Å². The largest absolute Gasteiger partial charge is 0.435 e. The van der Waals surface area contributed by atoms with E-state index in [9.17, 15) is 18.4 Å². The number of alkyl halides is 2. The highest BCUT2D eigenvalue weighted by molar-refractivity contribution is 7.99. The van der Waals surface area contributed by atoms with E-state index in [0.29, 0.717) is 16.6 Å². The fraction of sp³-hybridized carbons (Fsp3) is 0.261. The Morgan fingerprint density at radius 1 is 1.09 bits per heavy atom. The summed E-state index contributed by atoms with van der Waals surface area (Å²) in [6.45, 7) is -2.58. The molecular formula is C23H19F2N5O3S. The maximum atomic E-state index is 13.3. The van der Waals surface area contributed by atoms with Crippen molar-refractivity contribution in [1.82, 2.24) is 14.5 Å². The molecule has 0 saturated carbocycles. The molecule has 0 N–H and O–H groups in total. The number of fused-ring (bicyclic) bond motifs is 1. The van der Waals surface area contributed by atoms with Crippen LogP contribution in [-0.4, -0.2) is 45.8 Å². The Hall–Kier alpha value is -3.96. The molecule has 0 radical (unpaired) electrons. The second kappa shape index (κ2) is 11.8. The Balaban J connectivity index is 1.95. The number of hydrogen-bond acceptors (Lipinski definition) is 7. The van der Waals surface area contributed by atoms with Crippen molar-refractivity contribution in [2.24, 2.45) is 0 Å². The second-order valence-electron chi connectivity index (χ2n) is 6.91. The van der Waals surface area contributed by atoms with Gasteiger partial charge in [0.25, 0.3) is 5.56 Å². The number of thioether (sulfide) groups is 1. The fourth-order valence-electron chi connectivity index (χ4n) is 3.16. The first-order valence-corrected chi connectivity index (χ1v) is 11.1. The van der Waals surface area contributed by atoms with E-state index in [-0.39, 0.29) is 54.1 Å². The maximum Gasteiger partial charge on any atom is 0.387 e. The summed E-state index contributed by atoms with van der Waals surface area (Å²) in [7, 11) is 0. The van der Waals surface area contributed by atoms with Crippen LogP contribution < -0.4 is 10.3 Å². The lowest BCUT2D eigenvalue weighted by Crippen LogP contribution is -2.34. The van der Waals surface area contributed by atoms with Gasteiger partial charge in [0.15, 0.2) is 5.16 Å². The van der Waals surface area contributed by atoms with Crippen LogP contribution >= 0.6 is 11.8 Å². The van der Waals surface area contributed by atoms with Crippen molar-refractivity contribution in [2.45, 2.75) is 24.6 Å². The van der Waals surface area contributed by atoms with E-state index in [1.807, 2.05) is 12.1 Å². The molecule has 0 spiro atoms. The molecule has 174 valence electrons. The monoisotopic (exact) mass is 483 g/mol. The molecule has 11 heteroatoms. The molecule has 0 aliphatic heterocycles. The van der Waals surface area contributed by atoms with Crippen molar-refractivity contribution < 1.29 is 18.3 Å². The summed E-state index contributed by atoms with van der Waals surface area (Å²) in [4.78, 5) is 32.0. The summed E-state index contributed by atoms with van der Waals surface area (Å²) < 4.78 is 30.6. The number of halogens is 2. The molecule has 0 fully saturated rings. The molecule has 8 nitrogen and oxygen atoms in total. The van der Waals surface area contributed by atoms with Crippen LogP contribution in [0.3, 0.4) is 0 Å². The number of nitrogens with zero attached hydrogens (tertiary/aromatic N) is 5. The van der Waals surface area contributed by atoms with Crippen LogP contribution in [0.1, 0.15) is 12.8 Å². The lowest BCUT2D eigenvalue weighted by molar-refractivity contribution is -0.128. The highest BCUT2D eigenvalue weighted by Crippen LogP contribution is 2.24. The van der Waals surface area contributed by atoms with E-state index in [4.69, 9.17) is 10.5 Å². The summed E-state index contributed by atoms with van der Waals surface area (Å²) in [5.74, 6) is -0.436. The topological polar surface area (TPSA) is 112 Å². The van der Waals surface area contributed by atoms with Gasteiger partial charge in [0.2, 0.25) is 5.91 Å². The first-order chi connectivity index (χ1) is 16.4. The molecular weight excluding hydrogens is 464 g/mol. The van der Waals surface area contributed by atoms with Crippen molar-refractivity contribution in [3.8, 4) is 23.6 Å². The minimum Gasteiger partial charge on any atom is -0.435 e. The van der Waals surface area contributed by atoms with Gasteiger partial charge in [-0.3, -0.25) is 14.2 Å². The van der Waals surface area contributed by atoms with E-state index in [0.717, 1.165) is 11.8 Å². The van der Waals surface area contributed by atoms with E-state index in [1.165, 1.54) is 33.7 Å². The van der Waals surface area contributed by atoms with Crippen LogP contribution in [0, 0.1) is 22.7 Å². The summed E-state index contributed by atoms with van der Waals surface area (Å²) >= 11 is 1.03. The lowest BCUT2D eigenvalue weighted by atomic mass is 10.2. The average molecular weight is 484 g/mol. The van der Waals surface area contributed by atoms with E-state index < -0.39 is 6.61 Å². The molecule has 3 aromatic rings. The third kappa shape index (κ3) is 6.09. The van der Waals surface area contributed by atoms with Crippen molar-refractivity contribution in [3.63, 3.8) is 0 Å². The van der Waals surface area contributed by atoms with Gasteiger partial charge in [0, 0.05) is 13.1 Å². The van der Waals surface area contributed by atoms with Gasteiger partial charge >= 0.3 is 6.61 Å². The minimum absolute atomic E-state index is 0.0597. The highest BCUT2D eigenvalue weighted by atomic mass is 32.2. The standard InChI is InChI=1S/C23H19F2N5O3S/c24-22(25)33-17-9-7-16(8-10-17)30-21(32)18-5-1-2-6-19(18)28-23(30)34-15-20(31)29(13-3-11-26)14-4-12-27/h1-2,5-10,22H,3-4,13-15H2. The number of hydrogen-bond donors (Lipinski definition) is 0. The predicted octanol–water partition coefficient (Wildman–Crippen LogP) is 3.74. The zero-order valence-corrected chi connectivity index (χ0v) is 18.7. The molecule has 0 aliphatic carbocycles. The summed E-state index contributed by atoms with van der Waals surface area (Å²) in [6, 6.07) is 16.2. The molecule has 1 aromatic heterocycles. The third-order valence-corrected chi connectivity index (χ3v) is 5.65. The Labute approximate surface area is 198 Å². The van der Waals surface area contributed by atoms with Gasteiger partial charge in [-0.05, 0) is 36.4 Å². The predicted molar refractivity (Wildman–Crippen MR) is 122 cm³/mol. The molecule has 34 heavy (non-hydrogen) atoms. The molecule has 1 amide bonds. The molecule has 0 saturated heterocycles. The maximum absolute atomic E-state index is 13.3. The van der Waals surface area contributed by atoms with Gasteiger partial charge in [-0.25, -0.2) is 4.98 Å². The van der Waals surface area contributed by atoms with Crippen LogP contribution in [0.25, 0.3) is 16.6 Å². The Kier molecular flexibility index (Phi) is 8.54. The number of aromatic nitrogens is 2. The van der Waals surface area contributed by atoms with Crippen molar-refractivity contribution in [3.05, 3.63) is 58.9 Å². The van der Waals surface area contributed by atoms with Crippen LogP contribution in [0.5, 0.6) is 5.75 Å². The Bertz CT molecular complexity index is 1280. The summed E-state index contributed by atoms with van der Waals surface area (Å²) in [6.07, 6.45) is 0.265.